The van der Waals surface area contributed by atoms with E-state index in [1.54, 1.807) is 0 Å². The number of halogens is 1. The summed E-state index contributed by atoms with van der Waals surface area (Å²) in [6, 6.07) is 0. The summed E-state index contributed by atoms with van der Waals surface area (Å²) in [7, 11) is 1.22. The first kappa shape index (κ1) is 19.2. The Morgan fingerprint density at radius 3 is 1.60 bits per heavy atom. The van der Waals surface area contributed by atoms with Crippen LogP contribution in [0, 0.1) is 4.78 Å². The fourth-order valence-corrected chi connectivity index (χ4v) is 7.40. The van der Waals surface area contributed by atoms with Gasteiger partial charge in [0, 0.05) is 27.7 Å². The van der Waals surface area contributed by atoms with Gasteiger partial charge in [0.2, 0.25) is 0 Å². The Labute approximate surface area is 139 Å². The van der Waals surface area contributed by atoms with Crippen molar-refractivity contribution < 1.29 is 4.18 Å². The minimum Gasteiger partial charge on any atom is -0.302 e. The van der Waals surface area contributed by atoms with Crippen molar-refractivity contribution in [2.24, 2.45) is 0 Å². The molecule has 1 atom stereocenters. The molecule has 0 radical (unpaired) electrons. The second-order valence-electron chi connectivity index (χ2n) is 5.73. The van der Waals surface area contributed by atoms with Crippen LogP contribution < -0.4 is 0 Å². The quantitative estimate of drug-likeness (QED) is 0.321. The van der Waals surface area contributed by atoms with Crippen LogP contribution >= 0.6 is 28.6 Å². The van der Waals surface area contributed by atoms with E-state index in [0.717, 1.165) is 19.2 Å². The topological polar surface area (TPSA) is 33.1 Å². The van der Waals surface area contributed by atoms with Crippen molar-refractivity contribution in [3.8, 4) is 0 Å². The van der Waals surface area contributed by atoms with Crippen molar-refractivity contribution in [1.29, 1.82) is 4.78 Å². The van der Waals surface area contributed by atoms with E-state index in [9.17, 15) is 0 Å². The van der Waals surface area contributed by atoms with Gasteiger partial charge in [-0.2, -0.15) is 0 Å². The van der Waals surface area contributed by atoms with Crippen molar-refractivity contribution >= 4 is 35.0 Å². The van der Waals surface area contributed by atoms with Gasteiger partial charge < -0.3 is 4.18 Å². The van der Waals surface area contributed by atoms with E-state index in [1.807, 2.05) is 0 Å². The van der Waals surface area contributed by atoms with Gasteiger partial charge in [0.15, 0.2) is 0 Å². The first-order valence-electron chi connectivity index (χ1n) is 8.31. The van der Waals surface area contributed by atoms with Gasteiger partial charge in [-0.15, -0.1) is 0 Å². The molecule has 20 heavy (non-hydrogen) atoms. The van der Waals surface area contributed by atoms with E-state index in [0.29, 0.717) is 0 Å². The lowest BCUT2D eigenvalue weighted by Gasteiger charge is -2.08. The lowest BCUT2D eigenvalue weighted by molar-refractivity contribution is 0.352. The molecule has 0 saturated heterocycles. The largest absolute Gasteiger partial charge is 0.302 e. The number of hydrogen-bond donors (Lipinski definition) is 1. The van der Waals surface area contributed by atoms with Gasteiger partial charge in [-0.3, -0.25) is 4.78 Å². The third-order valence-electron chi connectivity index (χ3n) is 3.80. The van der Waals surface area contributed by atoms with E-state index >= 15 is 0 Å². The number of rotatable bonds is 0. The Balaban J connectivity index is 2.28. The summed E-state index contributed by atoms with van der Waals surface area (Å²) in [4.78, 5) is 0. The van der Waals surface area contributed by atoms with Gasteiger partial charge in [-0.25, -0.2) is 0 Å². The van der Waals surface area contributed by atoms with Gasteiger partial charge >= 0.3 is 0 Å². The van der Waals surface area contributed by atoms with Crippen LogP contribution in [-0.4, -0.2) is 12.8 Å². The maximum atomic E-state index is 8.23. The van der Waals surface area contributed by atoms with Crippen LogP contribution in [-0.2, 0) is 10.6 Å². The van der Waals surface area contributed by atoms with Crippen molar-refractivity contribution in [3.05, 3.63) is 0 Å². The summed E-state index contributed by atoms with van der Waals surface area (Å²) in [6.07, 6.45) is 18.9. The van der Waals surface area contributed by atoms with Crippen LogP contribution in [0.15, 0.2) is 0 Å². The zero-order valence-electron chi connectivity index (χ0n) is 12.7. The van der Waals surface area contributed by atoms with Crippen LogP contribution in [0.2, 0.25) is 0 Å². The Kier molecular flexibility index (Phi) is 12.1. The van der Waals surface area contributed by atoms with Gasteiger partial charge in [-0.1, -0.05) is 70.6 Å². The highest BCUT2D eigenvalue weighted by Crippen LogP contribution is 2.24. The molecule has 1 N–H and O–H groups in total. The van der Waals surface area contributed by atoms with Crippen LogP contribution in [0.1, 0.15) is 83.5 Å². The molecule has 0 saturated carbocycles. The molecule has 1 rings (SSSR count). The minimum absolute atomic E-state index is 0.800. The highest BCUT2D eigenvalue weighted by Gasteiger charge is 2.00. The molecular weight excluding hydrogens is 400 g/mol. The summed E-state index contributed by atoms with van der Waals surface area (Å²) in [5.74, 6) is 0. The van der Waals surface area contributed by atoms with Gasteiger partial charge in [0.05, 0.1) is 6.61 Å². The summed E-state index contributed by atoms with van der Waals surface area (Å²) in [5, 5.41) is 0. The van der Waals surface area contributed by atoms with Crippen molar-refractivity contribution in [2.75, 3.05) is 12.8 Å². The van der Waals surface area contributed by atoms with Crippen LogP contribution in [0.25, 0.3) is 0 Å². The predicted octanol–water partition coefficient (Wildman–Crippen LogP) is 7.13. The van der Waals surface area contributed by atoms with Gasteiger partial charge in [-0.05, 0) is 26.4 Å². The first-order valence-corrected chi connectivity index (χ1v) is 14.1. The van der Waals surface area contributed by atoms with E-state index in [-0.39, 0.29) is 0 Å². The van der Waals surface area contributed by atoms with Crippen molar-refractivity contribution in [2.45, 2.75) is 83.5 Å². The smallest absolute Gasteiger partial charge is 0.0628 e. The molecule has 0 fully saturated rings. The Bertz CT molecular complexity index is 343. The summed E-state index contributed by atoms with van der Waals surface area (Å²) in [6.45, 7) is -0.768. The fraction of sp³-hybridized carbons (Fsp3) is 1.00. The standard InChI is InChI=1S/C15H31INOPS/c16-20(17)18-14-12-10-8-6-4-2-1-3-5-7-9-11-13-15-19-20/h17H,1-15H2. The highest BCUT2D eigenvalue weighted by atomic mass is 127. The molecule has 0 aromatic rings. The second-order valence-corrected chi connectivity index (χ2v) is 15.7. The Morgan fingerprint density at radius 2 is 1.10 bits per heavy atom. The Morgan fingerprint density at radius 1 is 0.700 bits per heavy atom. The van der Waals surface area contributed by atoms with E-state index in [4.69, 9.17) is 8.96 Å². The summed E-state index contributed by atoms with van der Waals surface area (Å²) >= 11 is 2.24. The molecule has 0 amide bonds. The lowest BCUT2D eigenvalue weighted by Crippen LogP contribution is -1.96. The molecule has 1 aliphatic rings. The van der Waals surface area contributed by atoms with Crippen LogP contribution in [0.5, 0.6) is 0 Å². The lowest BCUT2D eigenvalue weighted by atomic mass is 10.0. The molecular formula is C15H31INOPS. The zero-order chi connectivity index (χ0) is 14.5. The molecule has 0 bridgehead atoms. The second kappa shape index (κ2) is 12.7. The van der Waals surface area contributed by atoms with Crippen molar-refractivity contribution in [1.82, 2.24) is 0 Å². The normalized spacial score (nSPS) is 30.6. The number of hydrogen-bond acceptors (Lipinski definition) is 2. The molecule has 1 aliphatic heterocycles. The summed E-state index contributed by atoms with van der Waals surface area (Å²) < 4.78 is 14.0. The average Bonchev–Trinajstić information content (AvgIpc) is 2.41. The molecule has 120 valence electrons. The molecule has 0 aromatic carbocycles. The van der Waals surface area contributed by atoms with Crippen LogP contribution in [0.3, 0.4) is 0 Å². The maximum Gasteiger partial charge on any atom is 0.0628 e. The first-order chi connectivity index (χ1) is 9.71. The monoisotopic (exact) mass is 431 g/mol. The third kappa shape index (κ3) is 11.8. The number of nitrogens with one attached hydrogen (secondary N) is 1. The summed E-state index contributed by atoms with van der Waals surface area (Å²) in [5.41, 5.74) is 0. The van der Waals surface area contributed by atoms with E-state index < -0.39 is 6.45 Å². The predicted molar refractivity (Wildman–Crippen MR) is 102 cm³/mol. The van der Waals surface area contributed by atoms with E-state index in [1.165, 1.54) is 84.4 Å². The zero-order valence-corrected chi connectivity index (χ0v) is 16.6. The molecule has 0 aliphatic carbocycles. The SMILES string of the molecule is N=S1(I)=PCCCCCCCCCCCCCCCO1. The van der Waals surface area contributed by atoms with Gasteiger partial charge in [0.1, 0.15) is 0 Å². The molecule has 1 unspecified atom stereocenters. The van der Waals surface area contributed by atoms with Crippen LogP contribution in [0.4, 0.5) is 0 Å². The Hall–Kier alpha value is 1.14. The third-order valence-corrected chi connectivity index (χ3v) is 10.2. The van der Waals surface area contributed by atoms with Gasteiger partial charge in [0.25, 0.3) is 0 Å². The van der Waals surface area contributed by atoms with Crippen molar-refractivity contribution in [3.63, 3.8) is 0 Å². The molecule has 2 nitrogen and oxygen atoms in total. The molecule has 1 heterocycles. The minimum atomic E-state index is -1.57. The van der Waals surface area contributed by atoms with E-state index in [2.05, 4.69) is 21.2 Å². The average molecular weight is 431 g/mol. The molecule has 0 aromatic heterocycles. The fourth-order valence-electron chi connectivity index (χ4n) is 2.55. The highest BCUT2D eigenvalue weighted by molar-refractivity contribution is 14.2. The molecule has 5 heteroatoms. The maximum absolute atomic E-state index is 8.23. The molecule has 0 spiro atoms.